The van der Waals surface area contributed by atoms with Crippen molar-refractivity contribution in [2.75, 3.05) is 6.54 Å². The van der Waals surface area contributed by atoms with Crippen LogP contribution in [0.15, 0.2) is 0 Å². The Morgan fingerprint density at radius 2 is 1.70 bits per heavy atom. The van der Waals surface area contributed by atoms with Gasteiger partial charge in [-0.1, -0.05) is 0 Å². The van der Waals surface area contributed by atoms with Crippen molar-refractivity contribution in [1.29, 1.82) is 0 Å². The van der Waals surface area contributed by atoms with E-state index in [-0.39, 0.29) is 0 Å². The molecule has 10 heavy (non-hydrogen) atoms. The van der Waals surface area contributed by atoms with Crippen molar-refractivity contribution in [1.82, 2.24) is 10.4 Å². The van der Waals surface area contributed by atoms with Crippen molar-refractivity contribution in [3.63, 3.8) is 0 Å². The standard InChI is InChI=1S/C6H15N2O2/c1-4-7-8(5(2)9)6(3)10/h5-6,9-10H,4H2,1-3H3. The summed E-state index contributed by atoms with van der Waals surface area (Å²) < 4.78 is 0. The molecule has 0 aliphatic carbocycles. The maximum atomic E-state index is 8.99. The topological polar surface area (TPSA) is 57.8 Å². The first-order valence-electron chi connectivity index (χ1n) is 3.41. The van der Waals surface area contributed by atoms with Gasteiger partial charge in [0.15, 0.2) is 0 Å². The largest absolute Gasteiger partial charge is 0.377 e. The van der Waals surface area contributed by atoms with Gasteiger partial charge in [0.05, 0.1) is 0 Å². The van der Waals surface area contributed by atoms with Crippen LogP contribution in [0.4, 0.5) is 0 Å². The molecule has 0 aromatic heterocycles. The van der Waals surface area contributed by atoms with E-state index in [2.05, 4.69) is 5.43 Å². The van der Waals surface area contributed by atoms with E-state index in [0.29, 0.717) is 6.54 Å². The highest BCUT2D eigenvalue weighted by Crippen LogP contribution is 1.96. The first-order chi connectivity index (χ1) is 4.59. The summed E-state index contributed by atoms with van der Waals surface area (Å²) in [6, 6.07) is 0. The van der Waals surface area contributed by atoms with Gasteiger partial charge in [-0.15, -0.1) is 0 Å². The maximum Gasteiger partial charge on any atom is 0.121 e. The van der Waals surface area contributed by atoms with E-state index in [4.69, 9.17) is 10.2 Å². The highest BCUT2D eigenvalue weighted by molar-refractivity contribution is 4.50. The quantitative estimate of drug-likeness (QED) is 0.416. The minimum absolute atomic E-state index is 0.565. The van der Waals surface area contributed by atoms with Gasteiger partial charge in [-0.3, -0.25) is 0 Å². The van der Waals surface area contributed by atoms with Crippen molar-refractivity contribution < 1.29 is 10.2 Å². The number of rotatable bonds is 4. The molecule has 0 heterocycles. The van der Waals surface area contributed by atoms with Gasteiger partial charge in [-0.25, -0.2) is 0 Å². The third kappa shape index (κ3) is 3.12. The molecule has 0 aromatic carbocycles. The summed E-state index contributed by atoms with van der Waals surface area (Å²) >= 11 is 0. The molecule has 0 saturated carbocycles. The molecule has 2 atom stereocenters. The molecule has 2 unspecified atom stereocenters. The fraction of sp³-hybridized carbons (Fsp3) is 1.00. The van der Waals surface area contributed by atoms with Gasteiger partial charge in [-0.05, 0) is 20.8 Å². The average molecular weight is 147 g/mol. The second-order valence-electron chi connectivity index (χ2n) is 2.10. The number of hydrogen-bond donors (Lipinski definition) is 2. The Bertz CT molecular complexity index is 77.8. The van der Waals surface area contributed by atoms with Crippen LogP contribution >= 0.6 is 0 Å². The average Bonchev–Trinajstić information content (AvgIpc) is 1.81. The molecule has 61 valence electrons. The third-order valence-electron chi connectivity index (χ3n) is 1.07. The van der Waals surface area contributed by atoms with Gasteiger partial charge in [0.1, 0.15) is 12.5 Å². The molecule has 0 bridgehead atoms. The molecule has 0 amide bonds. The van der Waals surface area contributed by atoms with E-state index >= 15 is 0 Å². The van der Waals surface area contributed by atoms with Crippen LogP contribution in [0.1, 0.15) is 20.8 Å². The second kappa shape index (κ2) is 4.62. The lowest BCUT2D eigenvalue weighted by atomic mass is 10.5. The number of nitrogens with zero attached hydrogens (tertiary/aromatic N) is 2. The van der Waals surface area contributed by atoms with Gasteiger partial charge in [0, 0.05) is 6.54 Å². The minimum atomic E-state index is -0.722. The lowest BCUT2D eigenvalue weighted by Gasteiger charge is -2.25. The molecule has 0 aliphatic rings. The Balaban J connectivity index is 3.73. The Morgan fingerprint density at radius 3 is 1.80 bits per heavy atom. The van der Waals surface area contributed by atoms with Crippen molar-refractivity contribution in [3.05, 3.63) is 0 Å². The van der Waals surface area contributed by atoms with Crippen LogP contribution < -0.4 is 5.43 Å². The van der Waals surface area contributed by atoms with Gasteiger partial charge in [0.2, 0.25) is 0 Å². The van der Waals surface area contributed by atoms with E-state index in [0.717, 1.165) is 0 Å². The van der Waals surface area contributed by atoms with Crippen LogP contribution in [-0.2, 0) is 0 Å². The first-order valence-corrected chi connectivity index (χ1v) is 3.41. The summed E-state index contributed by atoms with van der Waals surface area (Å²) in [7, 11) is 0. The number of hydrogen-bond acceptors (Lipinski definition) is 3. The van der Waals surface area contributed by atoms with E-state index in [1.807, 2.05) is 6.92 Å². The lowest BCUT2D eigenvalue weighted by molar-refractivity contribution is -0.118. The van der Waals surface area contributed by atoms with Gasteiger partial charge < -0.3 is 10.2 Å². The number of aliphatic hydroxyl groups excluding tert-OH is 2. The molecule has 0 aliphatic heterocycles. The SMILES string of the molecule is CC[N]N(C(C)O)C(C)O. The monoisotopic (exact) mass is 147 g/mol. The molecular weight excluding hydrogens is 132 g/mol. The molecule has 4 nitrogen and oxygen atoms in total. The summed E-state index contributed by atoms with van der Waals surface area (Å²) in [5.74, 6) is 0. The zero-order chi connectivity index (χ0) is 8.15. The summed E-state index contributed by atoms with van der Waals surface area (Å²) in [5, 5.41) is 19.2. The van der Waals surface area contributed by atoms with Gasteiger partial charge in [-0.2, -0.15) is 10.4 Å². The van der Waals surface area contributed by atoms with Gasteiger partial charge in [0.25, 0.3) is 0 Å². The van der Waals surface area contributed by atoms with E-state index < -0.39 is 12.5 Å². The van der Waals surface area contributed by atoms with Crippen LogP contribution in [-0.4, -0.2) is 34.2 Å². The Morgan fingerprint density at radius 1 is 1.30 bits per heavy atom. The summed E-state index contributed by atoms with van der Waals surface area (Å²) in [6.45, 7) is 5.53. The molecule has 0 aromatic rings. The Hall–Kier alpha value is -0.160. The fourth-order valence-electron chi connectivity index (χ4n) is 0.712. The van der Waals surface area contributed by atoms with Crippen LogP contribution in [0, 0.1) is 0 Å². The minimum Gasteiger partial charge on any atom is -0.377 e. The molecule has 1 radical (unpaired) electrons. The fourth-order valence-corrected chi connectivity index (χ4v) is 0.712. The zero-order valence-corrected chi connectivity index (χ0v) is 6.65. The van der Waals surface area contributed by atoms with E-state index in [1.54, 1.807) is 13.8 Å². The predicted molar refractivity (Wildman–Crippen MR) is 37.9 cm³/mol. The predicted octanol–water partition coefficient (Wildman–Crippen LogP) is -0.496. The maximum absolute atomic E-state index is 8.99. The van der Waals surface area contributed by atoms with Gasteiger partial charge >= 0.3 is 0 Å². The zero-order valence-electron chi connectivity index (χ0n) is 6.65. The van der Waals surface area contributed by atoms with Crippen LogP contribution in [0.25, 0.3) is 0 Å². The molecule has 0 saturated heterocycles. The van der Waals surface area contributed by atoms with Crippen LogP contribution in [0.5, 0.6) is 0 Å². The first kappa shape index (κ1) is 9.84. The van der Waals surface area contributed by atoms with Crippen molar-refractivity contribution >= 4 is 0 Å². The van der Waals surface area contributed by atoms with E-state index in [9.17, 15) is 0 Å². The molecular formula is C6H15N2O2. The van der Waals surface area contributed by atoms with Crippen molar-refractivity contribution in [3.8, 4) is 0 Å². The van der Waals surface area contributed by atoms with Crippen molar-refractivity contribution in [2.24, 2.45) is 0 Å². The van der Waals surface area contributed by atoms with Crippen molar-refractivity contribution in [2.45, 2.75) is 33.2 Å². The summed E-state index contributed by atoms with van der Waals surface area (Å²) in [4.78, 5) is 0. The Kier molecular flexibility index (Phi) is 4.55. The molecule has 4 heteroatoms. The highest BCUT2D eigenvalue weighted by Gasteiger charge is 2.15. The summed E-state index contributed by atoms with van der Waals surface area (Å²) in [5.41, 5.74) is 3.86. The highest BCUT2D eigenvalue weighted by atomic mass is 16.3. The molecule has 0 rings (SSSR count). The second-order valence-corrected chi connectivity index (χ2v) is 2.10. The smallest absolute Gasteiger partial charge is 0.121 e. The van der Waals surface area contributed by atoms with Crippen LogP contribution in [0.3, 0.4) is 0 Å². The molecule has 2 N–H and O–H groups in total. The Labute approximate surface area is 61.4 Å². The summed E-state index contributed by atoms with van der Waals surface area (Å²) in [6.07, 6.45) is -1.44. The lowest BCUT2D eigenvalue weighted by Crippen LogP contribution is -2.45. The van der Waals surface area contributed by atoms with Crippen LogP contribution in [0.2, 0.25) is 0 Å². The van der Waals surface area contributed by atoms with E-state index in [1.165, 1.54) is 5.01 Å². The third-order valence-corrected chi connectivity index (χ3v) is 1.07. The molecule has 0 fully saturated rings. The normalized spacial score (nSPS) is 17.4. The molecule has 0 spiro atoms. The number of aliphatic hydroxyl groups is 2.